The van der Waals surface area contributed by atoms with E-state index in [9.17, 15) is 4.79 Å². The maximum absolute atomic E-state index is 12.2. The molecule has 0 aliphatic heterocycles. The van der Waals surface area contributed by atoms with Crippen molar-refractivity contribution in [3.63, 3.8) is 0 Å². The van der Waals surface area contributed by atoms with E-state index in [-0.39, 0.29) is 5.56 Å². The Morgan fingerprint density at radius 1 is 1.04 bits per heavy atom. The highest BCUT2D eigenvalue weighted by molar-refractivity contribution is 5.77. The summed E-state index contributed by atoms with van der Waals surface area (Å²) in [4.78, 5) is 21.7. The molecule has 0 saturated heterocycles. The van der Waals surface area contributed by atoms with Crippen LogP contribution in [0.3, 0.4) is 0 Å². The van der Waals surface area contributed by atoms with Crippen LogP contribution in [-0.2, 0) is 13.1 Å². The monoisotopic (exact) mass is 345 g/mol. The maximum atomic E-state index is 12.2. The van der Waals surface area contributed by atoms with Gasteiger partial charge in [-0.3, -0.25) is 9.69 Å². The van der Waals surface area contributed by atoms with Crippen LogP contribution in [0.25, 0.3) is 16.6 Å². The largest absolute Gasteiger partial charge is 0.309 e. The molecule has 0 fully saturated rings. The Morgan fingerprint density at radius 2 is 1.85 bits per heavy atom. The van der Waals surface area contributed by atoms with E-state index in [1.165, 1.54) is 5.56 Å². The first-order valence-corrected chi connectivity index (χ1v) is 8.44. The number of benzene rings is 2. The molecule has 4 aromatic rings. The van der Waals surface area contributed by atoms with Crippen molar-refractivity contribution in [3.05, 3.63) is 88.7 Å². The Kier molecular flexibility index (Phi) is 4.33. The number of aromatic amines is 1. The number of hydrogen-bond acceptors (Lipinski definition) is 4. The van der Waals surface area contributed by atoms with Crippen molar-refractivity contribution in [2.45, 2.75) is 13.1 Å². The van der Waals surface area contributed by atoms with Gasteiger partial charge in [0.05, 0.1) is 23.1 Å². The topological polar surface area (TPSA) is 66.8 Å². The summed E-state index contributed by atoms with van der Waals surface area (Å²) in [6.45, 7) is 1.33. The fraction of sp³-hybridized carbons (Fsp3) is 0.150. The number of nitrogens with zero attached hydrogens (tertiary/aromatic N) is 4. The van der Waals surface area contributed by atoms with Gasteiger partial charge in [-0.05, 0) is 42.9 Å². The number of nitrogens with one attached hydrogen (secondary N) is 1. The minimum Gasteiger partial charge on any atom is -0.309 e. The number of hydrogen-bond donors (Lipinski definition) is 1. The summed E-state index contributed by atoms with van der Waals surface area (Å²) in [5.74, 6) is 0.671. The van der Waals surface area contributed by atoms with Gasteiger partial charge in [-0.15, -0.1) is 0 Å². The Labute approximate surface area is 150 Å². The van der Waals surface area contributed by atoms with Crippen LogP contribution < -0.4 is 5.56 Å². The van der Waals surface area contributed by atoms with Crippen molar-refractivity contribution in [1.82, 2.24) is 24.6 Å². The van der Waals surface area contributed by atoms with E-state index in [0.29, 0.717) is 17.8 Å². The molecular formula is C20H19N5O. The van der Waals surface area contributed by atoms with Crippen LogP contribution in [-0.4, -0.2) is 31.7 Å². The molecule has 6 heteroatoms. The van der Waals surface area contributed by atoms with Crippen molar-refractivity contribution in [2.75, 3.05) is 7.05 Å². The Bertz CT molecular complexity index is 1070. The van der Waals surface area contributed by atoms with Crippen LogP contribution in [0.2, 0.25) is 0 Å². The third-order valence-corrected chi connectivity index (χ3v) is 4.24. The zero-order valence-electron chi connectivity index (χ0n) is 14.5. The second-order valence-electron chi connectivity index (χ2n) is 6.32. The molecule has 0 saturated carbocycles. The van der Waals surface area contributed by atoms with Crippen LogP contribution in [0.4, 0.5) is 0 Å². The van der Waals surface area contributed by atoms with Crippen LogP contribution in [0, 0.1) is 0 Å². The summed E-state index contributed by atoms with van der Waals surface area (Å²) < 4.78 is 1.83. The highest BCUT2D eigenvalue weighted by atomic mass is 16.1. The summed E-state index contributed by atoms with van der Waals surface area (Å²) in [7, 11) is 2.01. The Balaban J connectivity index is 1.47. The maximum Gasteiger partial charge on any atom is 0.258 e. The second kappa shape index (κ2) is 6.93. The number of H-pyrrole nitrogens is 1. The summed E-state index contributed by atoms with van der Waals surface area (Å²) in [5, 5.41) is 4.85. The highest BCUT2D eigenvalue weighted by Crippen LogP contribution is 2.12. The molecule has 130 valence electrons. The van der Waals surface area contributed by atoms with Gasteiger partial charge < -0.3 is 4.98 Å². The van der Waals surface area contributed by atoms with Crippen molar-refractivity contribution >= 4 is 10.9 Å². The van der Waals surface area contributed by atoms with Crippen molar-refractivity contribution in [3.8, 4) is 5.69 Å². The minimum atomic E-state index is -0.0948. The molecule has 2 heterocycles. The summed E-state index contributed by atoms with van der Waals surface area (Å²) in [6, 6.07) is 17.6. The Morgan fingerprint density at radius 3 is 2.62 bits per heavy atom. The van der Waals surface area contributed by atoms with E-state index < -0.39 is 0 Å². The third-order valence-electron chi connectivity index (χ3n) is 4.24. The second-order valence-corrected chi connectivity index (χ2v) is 6.32. The first-order chi connectivity index (χ1) is 12.7. The van der Waals surface area contributed by atoms with E-state index in [1.54, 1.807) is 12.3 Å². The van der Waals surface area contributed by atoms with E-state index in [4.69, 9.17) is 0 Å². The van der Waals surface area contributed by atoms with Gasteiger partial charge in [0, 0.05) is 18.9 Å². The molecule has 4 rings (SSSR count). The zero-order chi connectivity index (χ0) is 17.9. The fourth-order valence-corrected chi connectivity index (χ4v) is 3.01. The predicted molar refractivity (Wildman–Crippen MR) is 101 cm³/mol. The molecule has 26 heavy (non-hydrogen) atoms. The fourth-order valence-electron chi connectivity index (χ4n) is 3.01. The number of aromatic nitrogens is 4. The lowest BCUT2D eigenvalue weighted by atomic mass is 10.2. The van der Waals surface area contributed by atoms with Gasteiger partial charge in [0.1, 0.15) is 5.82 Å². The number of fused-ring (bicyclic) bond motifs is 1. The third kappa shape index (κ3) is 3.41. The first-order valence-electron chi connectivity index (χ1n) is 8.44. The lowest BCUT2D eigenvalue weighted by Crippen LogP contribution is -2.21. The molecule has 6 nitrogen and oxygen atoms in total. The zero-order valence-corrected chi connectivity index (χ0v) is 14.5. The van der Waals surface area contributed by atoms with Crippen LogP contribution in [0.1, 0.15) is 11.4 Å². The molecule has 2 aromatic heterocycles. The van der Waals surface area contributed by atoms with E-state index in [1.807, 2.05) is 54.3 Å². The van der Waals surface area contributed by atoms with Gasteiger partial charge in [-0.2, -0.15) is 5.10 Å². The molecule has 0 bridgehead atoms. The molecule has 0 unspecified atom stereocenters. The van der Waals surface area contributed by atoms with Crippen LogP contribution >= 0.6 is 0 Å². The molecule has 0 aliphatic rings. The number of para-hydroxylation sites is 1. The molecule has 0 atom stereocenters. The molecular weight excluding hydrogens is 326 g/mol. The van der Waals surface area contributed by atoms with E-state index in [0.717, 1.165) is 17.7 Å². The molecule has 1 N–H and O–H groups in total. The molecule has 0 aliphatic carbocycles. The number of rotatable bonds is 5. The average molecular weight is 345 g/mol. The highest BCUT2D eigenvalue weighted by Gasteiger charge is 2.07. The molecule has 2 aromatic carbocycles. The SMILES string of the molecule is CN(Cc1ccc(-n2cccn2)cc1)Cc1nc2ccccc2c(=O)[nH]1. The Hall–Kier alpha value is -3.25. The molecule has 0 spiro atoms. The summed E-state index contributed by atoms with van der Waals surface area (Å²) >= 11 is 0. The van der Waals surface area contributed by atoms with E-state index in [2.05, 4.69) is 32.1 Å². The molecule has 0 radical (unpaired) electrons. The van der Waals surface area contributed by atoms with Gasteiger partial charge >= 0.3 is 0 Å². The smallest absolute Gasteiger partial charge is 0.258 e. The van der Waals surface area contributed by atoms with Crippen LogP contribution in [0.15, 0.2) is 71.8 Å². The summed E-state index contributed by atoms with van der Waals surface area (Å²) in [5.41, 5.74) is 2.85. The first kappa shape index (κ1) is 16.2. The predicted octanol–water partition coefficient (Wildman–Crippen LogP) is 2.74. The lowest BCUT2D eigenvalue weighted by molar-refractivity contribution is 0.310. The molecule has 0 amide bonds. The lowest BCUT2D eigenvalue weighted by Gasteiger charge is -2.16. The van der Waals surface area contributed by atoms with Crippen molar-refractivity contribution in [1.29, 1.82) is 0 Å². The van der Waals surface area contributed by atoms with Gasteiger partial charge in [0.25, 0.3) is 5.56 Å². The standard InChI is InChI=1S/C20H19N5O/c1-24(13-15-7-9-16(10-8-15)25-12-4-11-21-25)14-19-22-18-6-3-2-5-17(18)20(26)23-19/h2-12H,13-14H2,1H3,(H,22,23,26). The van der Waals surface area contributed by atoms with Gasteiger partial charge in [0.15, 0.2) is 0 Å². The van der Waals surface area contributed by atoms with Crippen molar-refractivity contribution in [2.24, 2.45) is 0 Å². The quantitative estimate of drug-likeness (QED) is 0.604. The normalized spacial score (nSPS) is 11.3. The van der Waals surface area contributed by atoms with Gasteiger partial charge in [-0.1, -0.05) is 24.3 Å². The van der Waals surface area contributed by atoms with Crippen LogP contribution in [0.5, 0.6) is 0 Å². The average Bonchev–Trinajstić information content (AvgIpc) is 3.17. The van der Waals surface area contributed by atoms with Crippen molar-refractivity contribution < 1.29 is 0 Å². The summed E-state index contributed by atoms with van der Waals surface area (Å²) in [6.07, 6.45) is 3.68. The van der Waals surface area contributed by atoms with Gasteiger partial charge in [-0.25, -0.2) is 9.67 Å². The van der Waals surface area contributed by atoms with E-state index >= 15 is 0 Å². The van der Waals surface area contributed by atoms with Gasteiger partial charge in [0.2, 0.25) is 0 Å². The minimum absolute atomic E-state index is 0.0948.